The van der Waals surface area contributed by atoms with Crippen LogP contribution in [0.1, 0.15) is 13.3 Å². The van der Waals surface area contributed by atoms with Crippen LogP contribution in [0.5, 0.6) is 0 Å². The van der Waals surface area contributed by atoms with Crippen molar-refractivity contribution in [2.45, 2.75) is 19.4 Å². The molecule has 0 saturated carbocycles. The van der Waals surface area contributed by atoms with E-state index in [0.717, 1.165) is 16.3 Å². The number of hydrogen-bond acceptors (Lipinski definition) is 8. The molecule has 0 fully saturated rings. The number of carbonyl (C=O) groups is 1. The molecule has 0 spiro atoms. The fourth-order valence-corrected chi connectivity index (χ4v) is 4.45. The summed E-state index contributed by atoms with van der Waals surface area (Å²) in [6.45, 7) is 1.99. The van der Waals surface area contributed by atoms with Gasteiger partial charge < -0.3 is 4.90 Å². The Morgan fingerprint density at radius 1 is 1.13 bits per heavy atom. The molecule has 0 aliphatic carbocycles. The van der Waals surface area contributed by atoms with E-state index in [-0.39, 0.29) is 5.91 Å². The molecule has 1 amide bonds. The summed E-state index contributed by atoms with van der Waals surface area (Å²) in [6, 6.07) is 1.49. The minimum atomic E-state index is -0.400. The predicted molar refractivity (Wildman–Crippen MR) is 118 cm³/mol. The number of anilines is 3. The van der Waals surface area contributed by atoms with Gasteiger partial charge in [-0.05, 0) is 6.42 Å². The lowest BCUT2D eigenvalue weighted by molar-refractivity contribution is -0.119. The van der Waals surface area contributed by atoms with Crippen molar-refractivity contribution in [2.75, 3.05) is 16.8 Å². The van der Waals surface area contributed by atoms with E-state index in [9.17, 15) is 4.79 Å². The smallest absolute Gasteiger partial charge is 0.250 e. The summed E-state index contributed by atoms with van der Waals surface area (Å²) in [7, 11) is 5.47. The minimum absolute atomic E-state index is 0.0122. The molecule has 4 aromatic rings. The Morgan fingerprint density at radius 2 is 1.97 bits per heavy atom. The first-order chi connectivity index (χ1) is 15.0. The quantitative estimate of drug-likeness (QED) is 0.486. The number of thiazole rings is 1. The number of aryl methyl sites for hydroxylation is 2. The fraction of sp³-hybridized carbons (Fsp3) is 0.300. The first-order valence-electron chi connectivity index (χ1n) is 9.85. The van der Waals surface area contributed by atoms with Gasteiger partial charge in [0, 0.05) is 51.2 Å². The Hall–Kier alpha value is -3.60. The molecule has 4 aromatic heterocycles. The van der Waals surface area contributed by atoms with Crippen LogP contribution in [0.25, 0.3) is 22.1 Å². The van der Waals surface area contributed by atoms with Crippen LogP contribution in [0.15, 0.2) is 36.2 Å². The van der Waals surface area contributed by atoms with Crippen molar-refractivity contribution in [2.24, 2.45) is 14.1 Å². The molecular formula is C20H21N9OS. The van der Waals surface area contributed by atoms with E-state index in [1.807, 2.05) is 49.8 Å². The largest absolute Gasteiger partial charge is 0.309 e. The van der Waals surface area contributed by atoms with Crippen molar-refractivity contribution >= 4 is 34.6 Å². The number of likely N-dealkylation sites (N-methyl/N-ethyl adjacent to an activating group) is 1. The van der Waals surface area contributed by atoms with Gasteiger partial charge in [-0.1, -0.05) is 6.92 Å². The van der Waals surface area contributed by atoms with Crippen molar-refractivity contribution < 1.29 is 4.79 Å². The van der Waals surface area contributed by atoms with Gasteiger partial charge in [0.1, 0.15) is 22.4 Å². The number of fused-ring (bicyclic) bond motifs is 1. The van der Waals surface area contributed by atoms with E-state index in [0.29, 0.717) is 29.6 Å². The van der Waals surface area contributed by atoms with Gasteiger partial charge >= 0.3 is 0 Å². The molecule has 1 aliphatic heterocycles. The van der Waals surface area contributed by atoms with Crippen LogP contribution in [0.2, 0.25) is 0 Å². The number of aromatic nitrogens is 7. The summed E-state index contributed by atoms with van der Waals surface area (Å²) >= 11 is 1.51. The molecule has 0 aromatic carbocycles. The maximum Gasteiger partial charge on any atom is 0.250 e. The number of carbonyl (C=O) groups excluding carboxylic acids is 1. The highest BCUT2D eigenvalue weighted by Gasteiger charge is 2.39. The van der Waals surface area contributed by atoms with Gasteiger partial charge in [0.25, 0.3) is 0 Å². The Labute approximate surface area is 182 Å². The molecule has 0 bridgehead atoms. The lowest BCUT2D eigenvalue weighted by Crippen LogP contribution is -2.50. The number of nitrogens with zero attached hydrogens (tertiary/aromatic N) is 9. The maximum absolute atomic E-state index is 13.1. The standard InChI is InChI=1S/C20H21N9OS/c1-5-13-20(30)28(4)14-10-22-17(23-18(14)29(13)15-6-8-26(2)24-15)12-11-27(3)25-16(12)19-21-7-9-31-19/h6-11,13H,5H2,1-4H3/t13-/m1/s1. The zero-order valence-corrected chi connectivity index (χ0v) is 18.4. The molecule has 0 radical (unpaired) electrons. The van der Waals surface area contributed by atoms with E-state index >= 15 is 0 Å². The SMILES string of the molecule is CC[C@@H]1C(=O)N(C)c2cnc(-c3cn(C)nc3-c3nccs3)nc2N1c1ccn(C)n1. The summed E-state index contributed by atoms with van der Waals surface area (Å²) < 4.78 is 3.45. The second-order valence-corrected chi connectivity index (χ2v) is 8.24. The molecule has 0 N–H and O–H groups in total. The summed E-state index contributed by atoms with van der Waals surface area (Å²) in [6.07, 6.45) is 7.81. The first-order valence-corrected chi connectivity index (χ1v) is 10.7. The van der Waals surface area contributed by atoms with Crippen molar-refractivity contribution in [3.8, 4) is 22.1 Å². The van der Waals surface area contributed by atoms with E-state index in [1.54, 1.807) is 33.7 Å². The molecule has 0 unspecified atom stereocenters. The molecule has 11 heteroatoms. The normalized spacial score (nSPS) is 16.1. The molecule has 5 rings (SSSR count). The molecular weight excluding hydrogens is 414 g/mol. The highest BCUT2D eigenvalue weighted by molar-refractivity contribution is 7.13. The van der Waals surface area contributed by atoms with Crippen LogP contribution >= 0.6 is 11.3 Å². The Morgan fingerprint density at radius 3 is 2.65 bits per heavy atom. The maximum atomic E-state index is 13.1. The van der Waals surface area contributed by atoms with Crippen molar-refractivity contribution in [3.05, 3.63) is 36.2 Å². The van der Waals surface area contributed by atoms with Crippen molar-refractivity contribution in [3.63, 3.8) is 0 Å². The van der Waals surface area contributed by atoms with Gasteiger partial charge in [-0.3, -0.25) is 19.1 Å². The van der Waals surface area contributed by atoms with Crippen LogP contribution < -0.4 is 9.80 Å². The monoisotopic (exact) mass is 435 g/mol. The zero-order valence-electron chi connectivity index (χ0n) is 17.6. The van der Waals surface area contributed by atoms with Gasteiger partial charge in [-0.15, -0.1) is 11.3 Å². The van der Waals surface area contributed by atoms with Crippen LogP contribution in [0.4, 0.5) is 17.3 Å². The van der Waals surface area contributed by atoms with Crippen LogP contribution in [0.3, 0.4) is 0 Å². The molecule has 1 atom stereocenters. The lowest BCUT2D eigenvalue weighted by atomic mass is 10.1. The summed E-state index contributed by atoms with van der Waals surface area (Å²) in [5, 5.41) is 11.8. The average Bonchev–Trinajstić information content (AvgIpc) is 3.51. The number of hydrogen-bond donors (Lipinski definition) is 0. The second kappa shape index (κ2) is 7.27. The highest BCUT2D eigenvalue weighted by Crippen LogP contribution is 2.40. The Balaban J connectivity index is 1.70. The number of amides is 1. The molecule has 1 aliphatic rings. The minimum Gasteiger partial charge on any atom is -0.309 e. The summed E-state index contributed by atoms with van der Waals surface area (Å²) in [5.41, 5.74) is 2.16. The van der Waals surface area contributed by atoms with E-state index in [1.165, 1.54) is 11.3 Å². The predicted octanol–water partition coefficient (Wildman–Crippen LogP) is 2.63. The van der Waals surface area contributed by atoms with Crippen LogP contribution in [-0.4, -0.2) is 53.5 Å². The Kier molecular flexibility index (Phi) is 4.54. The van der Waals surface area contributed by atoms with Gasteiger partial charge in [-0.25, -0.2) is 15.0 Å². The van der Waals surface area contributed by atoms with E-state index in [2.05, 4.69) is 20.2 Å². The van der Waals surface area contributed by atoms with E-state index < -0.39 is 6.04 Å². The second-order valence-electron chi connectivity index (χ2n) is 7.34. The zero-order chi connectivity index (χ0) is 21.7. The molecule has 10 nitrogen and oxygen atoms in total. The van der Waals surface area contributed by atoms with Gasteiger partial charge in [0.2, 0.25) is 5.91 Å². The third-order valence-electron chi connectivity index (χ3n) is 5.30. The highest BCUT2D eigenvalue weighted by atomic mass is 32.1. The molecule has 0 saturated heterocycles. The molecule has 5 heterocycles. The summed E-state index contributed by atoms with van der Waals surface area (Å²) in [5.74, 6) is 1.83. The van der Waals surface area contributed by atoms with Gasteiger partial charge in [0.15, 0.2) is 17.5 Å². The van der Waals surface area contributed by atoms with Crippen molar-refractivity contribution in [1.29, 1.82) is 0 Å². The van der Waals surface area contributed by atoms with Crippen LogP contribution in [0, 0.1) is 0 Å². The molecule has 158 valence electrons. The Bertz CT molecular complexity index is 1260. The topological polar surface area (TPSA) is 97.9 Å². The first kappa shape index (κ1) is 19.4. The third kappa shape index (κ3) is 3.08. The van der Waals surface area contributed by atoms with Crippen molar-refractivity contribution in [1.82, 2.24) is 34.5 Å². The average molecular weight is 436 g/mol. The van der Waals surface area contributed by atoms with E-state index in [4.69, 9.17) is 4.98 Å². The van der Waals surface area contributed by atoms with Gasteiger partial charge in [-0.2, -0.15) is 10.2 Å². The fourth-order valence-electron chi connectivity index (χ4n) is 3.82. The summed E-state index contributed by atoms with van der Waals surface area (Å²) in [4.78, 5) is 30.5. The third-order valence-corrected chi connectivity index (χ3v) is 6.08. The lowest BCUT2D eigenvalue weighted by Gasteiger charge is -2.39. The van der Waals surface area contributed by atoms with Crippen LogP contribution in [-0.2, 0) is 18.9 Å². The molecule has 31 heavy (non-hydrogen) atoms. The number of rotatable bonds is 4. The van der Waals surface area contributed by atoms with Gasteiger partial charge in [0.05, 0.1) is 11.8 Å².